The summed E-state index contributed by atoms with van der Waals surface area (Å²) in [7, 11) is 0. The Kier molecular flexibility index (Phi) is 3.23. The molecule has 0 aliphatic carbocycles. The Balaban J connectivity index is 2.26. The molecule has 18 heavy (non-hydrogen) atoms. The third kappa shape index (κ3) is 2.63. The Bertz CT molecular complexity index is 649. The van der Waals surface area contributed by atoms with Crippen molar-refractivity contribution in [3.63, 3.8) is 0 Å². The number of amides is 1. The van der Waals surface area contributed by atoms with Crippen molar-refractivity contribution in [3.8, 4) is 0 Å². The van der Waals surface area contributed by atoms with Crippen molar-refractivity contribution < 1.29 is 9.18 Å². The number of carbonyl (C=O) groups excluding carboxylic acids is 1. The van der Waals surface area contributed by atoms with Gasteiger partial charge in [-0.3, -0.25) is 9.59 Å². The van der Waals surface area contributed by atoms with Crippen LogP contribution in [0.2, 0.25) is 0 Å². The summed E-state index contributed by atoms with van der Waals surface area (Å²) in [5.74, 6) is -0.918. The molecule has 4 nitrogen and oxygen atoms in total. The molecule has 2 N–H and O–H groups in total. The molecule has 1 aromatic carbocycles. The fourth-order valence-corrected chi connectivity index (χ4v) is 1.50. The number of benzene rings is 1. The van der Waals surface area contributed by atoms with Crippen molar-refractivity contribution in [1.29, 1.82) is 0 Å². The van der Waals surface area contributed by atoms with Crippen molar-refractivity contribution in [3.05, 3.63) is 63.8 Å². The number of halogens is 1. The van der Waals surface area contributed by atoms with E-state index in [4.69, 9.17) is 0 Å². The minimum absolute atomic E-state index is 0.131. The minimum Gasteiger partial charge on any atom is -0.320 e. The molecule has 0 aliphatic heterocycles. The highest BCUT2D eigenvalue weighted by Crippen LogP contribution is 2.16. The third-order valence-electron chi connectivity index (χ3n) is 2.46. The predicted molar refractivity (Wildman–Crippen MR) is 66.2 cm³/mol. The van der Waals surface area contributed by atoms with E-state index < -0.39 is 11.7 Å². The van der Waals surface area contributed by atoms with Crippen LogP contribution in [0.1, 0.15) is 16.1 Å². The Labute approximate surface area is 102 Å². The van der Waals surface area contributed by atoms with Crippen LogP contribution in [0.15, 0.2) is 41.2 Å². The van der Waals surface area contributed by atoms with Crippen LogP contribution < -0.4 is 10.9 Å². The minimum atomic E-state index is -0.485. The van der Waals surface area contributed by atoms with Gasteiger partial charge in [-0.2, -0.15) is 0 Å². The third-order valence-corrected chi connectivity index (χ3v) is 2.46. The summed E-state index contributed by atoms with van der Waals surface area (Å²) in [6.07, 6.45) is 0. The van der Waals surface area contributed by atoms with Gasteiger partial charge in [0.1, 0.15) is 11.5 Å². The molecule has 2 rings (SSSR count). The first kappa shape index (κ1) is 12.0. The quantitative estimate of drug-likeness (QED) is 0.852. The van der Waals surface area contributed by atoms with E-state index in [-0.39, 0.29) is 11.3 Å². The van der Waals surface area contributed by atoms with Crippen LogP contribution in [0.5, 0.6) is 0 Å². The van der Waals surface area contributed by atoms with Gasteiger partial charge >= 0.3 is 0 Å². The molecule has 0 aliphatic rings. The summed E-state index contributed by atoms with van der Waals surface area (Å²) in [6, 6.07) is 8.38. The highest BCUT2D eigenvalue weighted by Gasteiger charge is 2.08. The highest BCUT2D eigenvalue weighted by atomic mass is 19.1. The maximum absolute atomic E-state index is 13.1. The van der Waals surface area contributed by atoms with Crippen LogP contribution in [0.4, 0.5) is 10.1 Å². The molecular formula is C13H11FN2O2. The number of nitrogens with one attached hydrogen (secondary N) is 2. The van der Waals surface area contributed by atoms with Gasteiger partial charge in [0.15, 0.2) is 0 Å². The molecule has 2 aromatic rings. The van der Waals surface area contributed by atoms with E-state index >= 15 is 0 Å². The van der Waals surface area contributed by atoms with Crippen LogP contribution >= 0.6 is 0 Å². The standard InChI is InChI=1S/C13H11FN2O2/c1-8-5-6-9(14)7-11(8)16-13(18)10-3-2-4-12(17)15-10/h2-7H,1H3,(H,15,17)(H,16,18). The Morgan fingerprint density at radius 3 is 2.78 bits per heavy atom. The molecule has 0 spiro atoms. The summed E-state index contributed by atoms with van der Waals surface area (Å²) in [5, 5.41) is 2.55. The molecule has 5 heteroatoms. The zero-order chi connectivity index (χ0) is 13.1. The molecule has 92 valence electrons. The SMILES string of the molecule is Cc1ccc(F)cc1NC(=O)c1cccc(=O)[nH]1. The van der Waals surface area contributed by atoms with Crippen molar-refractivity contribution >= 4 is 11.6 Å². The number of hydrogen-bond donors (Lipinski definition) is 2. The number of hydrogen-bond acceptors (Lipinski definition) is 2. The van der Waals surface area contributed by atoms with E-state index in [1.54, 1.807) is 13.0 Å². The van der Waals surface area contributed by atoms with Crippen molar-refractivity contribution in [2.75, 3.05) is 5.32 Å². The average molecular weight is 246 g/mol. The summed E-state index contributed by atoms with van der Waals surface area (Å²) in [6.45, 7) is 1.75. The van der Waals surface area contributed by atoms with Gasteiger partial charge in [-0.25, -0.2) is 4.39 Å². The fourth-order valence-electron chi connectivity index (χ4n) is 1.50. The number of anilines is 1. The van der Waals surface area contributed by atoms with Gasteiger partial charge in [0.05, 0.1) is 0 Å². The lowest BCUT2D eigenvalue weighted by molar-refractivity contribution is 0.102. The van der Waals surface area contributed by atoms with E-state index in [9.17, 15) is 14.0 Å². The van der Waals surface area contributed by atoms with Crippen molar-refractivity contribution in [2.45, 2.75) is 6.92 Å². The van der Waals surface area contributed by atoms with Crippen LogP contribution in [0.25, 0.3) is 0 Å². The molecule has 1 heterocycles. The zero-order valence-corrected chi connectivity index (χ0v) is 9.66. The van der Waals surface area contributed by atoms with Gasteiger partial charge < -0.3 is 10.3 Å². The molecule has 0 saturated carbocycles. The number of carbonyl (C=O) groups is 1. The van der Waals surface area contributed by atoms with Gasteiger partial charge in [0.2, 0.25) is 5.56 Å². The Hall–Kier alpha value is -2.43. The van der Waals surface area contributed by atoms with Crippen LogP contribution in [-0.4, -0.2) is 10.9 Å². The first-order valence-corrected chi connectivity index (χ1v) is 5.33. The summed E-state index contributed by atoms with van der Waals surface area (Å²) in [5.41, 5.74) is 0.887. The second-order valence-electron chi connectivity index (χ2n) is 3.84. The number of aromatic nitrogens is 1. The molecule has 0 saturated heterocycles. The molecule has 0 atom stereocenters. The summed E-state index contributed by atoms with van der Waals surface area (Å²) in [4.78, 5) is 25.3. The molecule has 0 unspecified atom stereocenters. The molecule has 0 bridgehead atoms. The number of aromatic amines is 1. The Morgan fingerprint density at radius 2 is 2.06 bits per heavy atom. The molecular weight excluding hydrogens is 235 g/mol. The van der Waals surface area contributed by atoms with Crippen LogP contribution in [0, 0.1) is 12.7 Å². The first-order valence-electron chi connectivity index (χ1n) is 5.33. The first-order chi connectivity index (χ1) is 8.56. The largest absolute Gasteiger partial charge is 0.320 e. The lowest BCUT2D eigenvalue weighted by Gasteiger charge is -2.08. The number of pyridine rings is 1. The average Bonchev–Trinajstić information content (AvgIpc) is 2.34. The number of aryl methyl sites for hydroxylation is 1. The molecule has 1 amide bonds. The Morgan fingerprint density at radius 1 is 1.28 bits per heavy atom. The van der Waals surface area contributed by atoms with E-state index in [1.165, 1.54) is 30.3 Å². The smallest absolute Gasteiger partial charge is 0.272 e. The molecule has 0 radical (unpaired) electrons. The van der Waals surface area contributed by atoms with Gasteiger partial charge in [0.25, 0.3) is 5.91 Å². The van der Waals surface area contributed by atoms with Gasteiger partial charge in [-0.15, -0.1) is 0 Å². The van der Waals surface area contributed by atoms with Gasteiger partial charge in [-0.05, 0) is 30.7 Å². The van der Waals surface area contributed by atoms with Crippen molar-refractivity contribution in [1.82, 2.24) is 4.98 Å². The summed E-state index contributed by atoms with van der Waals surface area (Å²) < 4.78 is 13.1. The monoisotopic (exact) mass is 246 g/mol. The van der Waals surface area contributed by atoms with E-state index in [0.717, 1.165) is 5.56 Å². The van der Waals surface area contributed by atoms with E-state index in [2.05, 4.69) is 10.3 Å². The van der Waals surface area contributed by atoms with Gasteiger partial charge in [0, 0.05) is 11.8 Å². The topological polar surface area (TPSA) is 62.0 Å². The lowest BCUT2D eigenvalue weighted by Crippen LogP contribution is -2.18. The number of rotatable bonds is 2. The number of H-pyrrole nitrogens is 1. The van der Waals surface area contributed by atoms with E-state index in [0.29, 0.717) is 5.69 Å². The normalized spacial score (nSPS) is 10.1. The van der Waals surface area contributed by atoms with E-state index in [1.807, 2.05) is 0 Å². The predicted octanol–water partition coefficient (Wildman–Crippen LogP) is 2.07. The van der Waals surface area contributed by atoms with Crippen molar-refractivity contribution in [2.24, 2.45) is 0 Å². The molecule has 0 fully saturated rings. The zero-order valence-electron chi connectivity index (χ0n) is 9.66. The highest BCUT2D eigenvalue weighted by molar-refractivity contribution is 6.03. The second kappa shape index (κ2) is 4.83. The lowest BCUT2D eigenvalue weighted by atomic mass is 10.2. The molecule has 1 aromatic heterocycles. The fraction of sp³-hybridized carbons (Fsp3) is 0.0769. The van der Waals surface area contributed by atoms with Gasteiger partial charge in [-0.1, -0.05) is 12.1 Å². The second-order valence-corrected chi connectivity index (χ2v) is 3.84. The summed E-state index contributed by atoms with van der Waals surface area (Å²) >= 11 is 0. The van der Waals surface area contributed by atoms with Crippen LogP contribution in [0.3, 0.4) is 0 Å². The maximum atomic E-state index is 13.1. The maximum Gasteiger partial charge on any atom is 0.272 e. The van der Waals surface area contributed by atoms with Crippen LogP contribution in [-0.2, 0) is 0 Å².